The predicted octanol–water partition coefficient (Wildman–Crippen LogP) is 5.35. The van der Waals surface area contributed by atoms with Crippen LogP contribution in [0.1, 0.15) is 5.56 Å². The summed E-state index contributed by atoms with van der Waals surface area (Å²) in [4.78, 5) is 9.42. The van der Waals surface area contributed by atoms with Crippen molar-refractivity contribution in [2.24, 2.45) is 0 Å². The normalized spacial score (nSPS) is 10.3. The summed E-state index contributed by atoms with van der Waals surface area (Å²) in [5.74, 6) is 0.561. The lowest BCUT2D eigenvalue weighted by atomic mass is 10.1. The van der Waals surface area contributed by atoms with Crippen molar-refractivity contribution >= 4 is 40.6 Å². The summed E-state index contributed by atoms with van der Waals surface area (Å²) in [6, 6.07) is 23.9. The van der Waals surface area contributed by atoms with Gasteiger partial charge in [0, 0.05) is 22.3 Å². The molecule has 0 aliphatic heterocycles. The van der Waals surface area contributed by atoms with Gasteiger partial charge in [0.2, 0.25) is 5.95 Å². The van der Waals surface area contributed by atoms with Gasteiger partial charge in [-0.2, -0.15) is 0 Å². The zero-order valence-electron chi connectivity index (χ0n) is 14.3. The van der Waals surface area contributed by atoms with Crippen molar-refractivity contribution in [1.82, 2.24) is 9.97 Å². The molecule has 5 heteroatoms. The molecule has 130 valence electrons. The molecular formula is C21H19ClN4. The van der Waals surface area contributed by atoms with E-state index in [1.807, 2.05) is 66.7 Å². The van der Waals surface area contributed by atoms with E-state index < -0.39 is 0 Å². The molecule has 0 radical (unpaired) electrons. The molecule has 0 atom stereocenters. The van der Waals surface area contributed by atoms with Crippen LogP contribution < -0.4 is 11.1 Å². The number of aromatic nitrogens is 2. The van der Waals surface area contributed by atoms with Gasteiger partial charge in [-0.25, -0.2) is 9.97 Å². The summed E-state index contributed by atoms with van der Waals surface area (Å²) >= 11 is 0. The number of nitrogens with two attached hydrogens (primary N) is 1. The highest BCUT2D eigenvalue weighted by molar-refractivity contribution is 6.01. The van der Waals surface area contributed by atoms with Gasteiger partial charge >= 0.3 is 0 Å². The molecule has 4 rings (SSSR count). The van der Waals surface area contributed by atoms with Gasteiger partial charge in [0.25, 0.3) is 0 Å². The van der Waals surface area contributed by atoms with Crippen LogP contribution in [0.4, 0.5) is 17.3 Å². The Morgan fingerprint density at radius 1 is 0.808 bits per heavy atom. The summed E-state index contributed by atoms with van der Waals surface area (Å²) in [5, 5.41) is 4.21. The Labute approximate surface area is 158 Å². The monoisotopic (exact) mass is 362 g/mol. The topological polar surface area (TPSA) is 63.8 Å². The third-order valence-electron chi connectivity index (χ3n) is 4.19. The second-order valence-corrected chi connectivity index (χ2v) is 5.94. The molecule has 0 unspecified atom stereocenters. The Kier molecular flexibility index (Phi) is 5.05. The van der Waals surface area contributed by atoms with E-state index in [-0.39, 0.29) is 12.4 Å². The number of nitrogen functional groups attached to an aromatic ring is 1. The molecule has 0 saturated heterocycles. The number of para-hydroxylation sites is 1. The molecule has 3 N–H and O–H groups in total. The van der Waals surface area contributed by atoms with E-state index in [9.17, 15) is 0 Å². The van der Waals surface area contributed by atoms with Crippen molar-refractivity contribution in [2.45, 2.75) is 6.92 Å². The minimum Gasteiger partial charge on any atom is -0.398 e. The number of halogens is 1. The van der Waals surface area contributed by atoms with E-state index >= 15 is 0 Å². The summed E-state index contributed by atoms with van der Waals surface area (Å²) in [6.45, 7) is 2.06. The maximum absolute atomic E-state index is 6.22. The number of nitrogens with zero attached hydrogens (tertiary/aromatic N) is 2. The number of fused-ring (bicyclic) bond motifs is 1. The van der Waals surface area contributed by atoms with Gasteiger partial charge in [0.05, 0.1) is 11.2 Å². The van der Waals surface area contributed by atoms with Gasteiger partial charge in [-0.05, 0) is 30.7 Å². The smallest absolute Gasteiger partial charge is 0.228 e. The Morgan fingerprint density at radius 3 is 2.31 bits per heavy atom. The molecule has 1 heterocycles. The van der Waals surface area contributed by atoms with E-state index in [0.29, 0.717) is 11.6 Å². The molecule has 0 fully saturated rings. The molecule has 0 saturated carbocycles. The van der Waals surface area contributed by atoms with Crippen LogP contribution in [-0.4, -0.2) is 9.97 Å². The van der Waals surface area contributed by atoms with Crippen molar-refractivity contribution in [3.63, 3.8) is 0 Å². The quantitative estimate of drug-likeness (QED) is 0.482. The third-order valence-corrected chi connectivity index (χ3v) is 4.19. The van der Waals surface area contributed by atoms with Crippen LogP contribution in [0.15, 0.2) is 72.8 Å². The van der Waals surface area contributed by atoms with Crippen LogP contribution >= 0.6 is 12.4 Å². The SMILES string of the molecule is Cc1ccccc1Nc1nc(-c2ccccc2)c2c(N)cccc2n1.Cl. The maximum Gasteiger partial charge on any atom is 0.228 e. The molecule has 4 nitrogen and oxygen atoms in total. The number of aryl methyl sites for hydroxylation is 1. The van der Waals surface area contributed by atoms with Crippen LogP contribution in [-0.2, 0) is 0 Å². The van der Waals surface area contributed by atoms with E-state index in [1.54, 1.807) is 0 Å². The first kappa shape index (κ1) is 17.7. The molecule has 4 aromatic rings. The second kappa shape index (κ2) is 7.42. The molecule has 3 aromatic carbocycles. The summed E-state index contributed by atoms with van der Waals surface area (Å²) in [6.07, 6.45) is 0. The number of hydrogen-bond acceptors (Lipinski definition) is 4. The van der Waals surface area contributed by atoms with Gasteiger partial charge < -0.3 is 11.1 Å². The van der Waals surface area contributed by atoms with Gasteiger partial charge in [0.15, 0.2) is 0 Å². The third kappa shape index (κ3) is 3.32. The maximum atomic E-state index is 6.22. The molecule has 26 heavy (non-hydrogen) atoms. The number of nitrogens with one attached hydrogen (secondary N) is 1. The summed E-state index contributed by atoms with van der Waals surface area (Å²) < 4.78 is 0. The van der Waals surface area contributed by atoms with E-state index in [0.717, 1.165) is 33.4 Å². The first-order valence-electron chi connectivity index (χ1n) is 8.17. The van der Waals surface area contributed by atoms with Crippen molar-refractivity contribution in [2.75, 3.05) is 11.1 Å². The molecule has 1 aromatic heterocycles. The molecular weight excluding hydrogens is 344 g/mol. The zero-order chi connectivity index (χ0) is 17.2. The molecule has 0 aliphatic carbocycles. The van der Waals surface area contributed by atoms with Crippen LogP contribution in [0.25, 0.3) is 22.2 Å². The number of benzene rings is 3. The fourth-order valence-corrected chi connectivity index (χ4v) is 2.90. The summed E-state index contributed by atoms with van der Waals surface area (Å²) in [7, 11) is 0. The van der Waals surface area contributed by atoms with E-state index in [1.165, 1.54) is 0 Å². The molecule has 0 aliphatic rings. The molecule has 0 bridgehead atoms. The molecule has 0 amide bonds. The Hall–Kier alpha value is -3.11. The first-order valence-corrected chi connectivity index (χ1v) is 8.17. The lowest BCUT2D eigenvalue weighted by Gasteiger charge is -2.13. The van der Waals surface area contributed by atoms with Crippen molar-refractivity contribution in [3.05, 3.63) is 78.4 Å². The number of hydrogen-bond donors (Lipinski definition) is 2. The van der Waals surface area contributed by atoms with Crippen LogP contribution in [0.3, 0.4) is 0 Å². The minimum atomic E-state index is 0. The second-order valence-electron chi connectivity index (χ2n) is 5.94. The number of anilines is 3. The Bertz CT molecular complexity index is 1050. The fraction of sp³-hybridized carbons (Fsp3) is 0.0476. The average molecular weight is 363 g/mol. The lowest BCUT2D eigenvalue weighted by molar-refractivity contribution is 1.21. The highest BCUT2D eigenvalue weighted by Gasteiger charge is 2.12. The average Bonchev–Trinajstić information content (AvgIpc) is 2.64. The van der Waals surface area contributed by atoms with Gasteiger partial charge in [-0.1, -0.05) is 54.6 Å². The predicted molar refractivity (Wildman–Crippen MR) is 111 cm³/mol. The van der Waals surface area contributed by atoms with Crippen molar-refractivity contribution in [3.8, 4) is 11.3 Å². The zero-order valence-corrected chi connectivity index (χ0v) is 15.1. The fourth-order valence-electron chi connectivity index (χ4n) is 2.90. The largest absolute Gasteiger partial charge is 0.398 e. The van der Waals surface area contributed by atoms with E-state index in [2.05, 4.69) is 23.3 Å². The highest BCUT2D eigenvalue weighted by Crippen LogP contribution is 2.32. The minimum absolute atomic E-state index is 0. The highest BCUT2D eigenvalue weighted by atomic mass is 35.5. The van der Waals surface area contributed by atoms with Gasteiger partial charge in [-0.3, -0.25) is 0 Å². The van der Waals surface area contributed by atoms with Crippen LogP contribution in [0, 0.1) is 6.92 Å². The van der Waals surface area contributed by atoms with Crippen LogP contribution in [0.2, 0.25) is 0 Å². The van der Waals surface area contributed by atoms with E-state index in [4.69, 9.17) is 10.7 Å². The first-order chi connectivity index (χ1) is 12.2. The van der Waals surface area contributed by atoms with Gasteiger partial charge in [0.1, 0.15) is 0 Å². The lowest BCUT2D eigenvalue weighted by Crippen LogP contribution is -2.02. The standard InChI is InChI=1S/C21H18N4.ClH/c1-14-8-5-6-12-17(14)23-21-24-18-13-7-11-16(22)19(18)20(25-21)15-9-3-2-4-10-15;/h2-13H,22H2,1H3,(H,23,24,25);1H. The number of rotatable bonds is 3. The Morgan fingerprint density at radius 2 is 1.54 bits per heavy atom. The van der Waals surface area contributed by atoms with Gasteiger partial charge in [-0.15, -0.1) is 12.4 Å². The summed E-state index contributed by atoms with van der Waals surface area (Å²) in [5.41, 5.74) is 11.7. The van der Waals surface area contributed by atoms with Crippen molar-refractivity contribution in [1.29, 1.82) is 0 Å². The van der Waals surface area contributed by atoms with Crippen molar-refractivity contribution < 1.29 is 0 Å². The Balaban J connectivity index is 0.00000196. The molecule has 0 spiro atoms. The van der Waals surface area contributed by atoms with Crippen LogP contribution in [0.5, 0.6) is 0 Å².